The van der Waals surface area contributed by atoms with E-state index >= 15 is 0 Å². The Morgan fingerprint density at radius 3 is 2.65 bits per heavy atom. The lowest BCUT2D eigenvalue weighted by atomic mass is 10.2. The van der Waals surface area contributed by atoms with Crippen LogP contribution < -0.4 is 10.1 Å². The molecule has 0 bridgehead atoms. The van der Waals surface area contributed by atoms with Gasteiger partial charge >= 0.3 is 0 Å². The zero-order valence-electron chi connectivity index (χ0n) is 17.2. The first-order valence-electron chi connectivity index (χ1n) is 9.73. The molecule has 158 valence electrons. The number of carbonyl (C=O) groups excluding carboxylic acids is 1. The number of amides is 1. The zero-order chi connectivity index (χ0) is 21.6. The summed E-state index contributed by atoms with van der Waals surface area (Å²) in [6.07, 6.45) is 3.91. The molecule has 2 aromatic carbocycles. The molecule has 0 unspecified atom stereocenters. The molecule has 1 amide bonds. The van der Waals surface area contributed by atoms with E-state index in [2.05, 4.69) is 15.3 Å². The molecule has 0 saturated heterocycles. The first kappa shape index (κ1) is 21.1. The van der Waals surface area contributed by atoms with Gasteiger partial charge < -0.3 is 14.6 Å². The van der Waals surface area contributed by atoms with Gasteiger partial charge in [0, 0.05) is 35.4 Å². The molecule has 0 radical (unpaired) electrons. The lowest BCUT2D eigenvalue weighted by Gasteiger charge is -2.06. The Kier molecular flexibility index (Phi) is 6.69. The van der Waals surface area contributed by atoms with E-state index in [1.54, 1.807) is 18.0 Å². The first-order valence-corrected chi connectivity index (χ1v) is 11.4. The van der Waals surface area contributed by atoms with Crippen molar-refractivity contribution in [3.63, 3.8) is 0 Å². The number of benzene rings is 2. The van der Waals surface area contributed by atoms with Crippen LogP contribution in [0.5, 0.6) is 5.75 Å². The molecule has 0 saturated carbocycles. The number of nitrogens with one attached hydrogen (secondary N) is 1. The summed E-state index contributed by atoms with van der Waals surface area (Å²) < 4.78 is 7.72. The van der Waals surface area contributed by atoms with Gasteiger partial charge in [0.05, 0.1) is 12.1 Å². The van der Waals surface area contributed by atoms with E-state index in [9.17, 15) is 4.79 Å². The summed E-state index contributed by atoms with van der Waals surface area (Å²) in [4.78, 5) is 22.3. The van der Waals surface area contributed by atoms with E-state index in [4.69, 9.17) is 4.74 Å². The van der Waals surface area contributed by atoms with Crippen LogP contribution in [0.3, 0.4) is 0 Å². The molecule has 2 heterocycles. The molecule has 2 aromatic heterocycles. The van der Waals surface area contributed by atoms with E-state index in [1.807, 2.05) is 78.6 Å². The molecule has 0 aliphatic heterocycles. The summed E-state index contributed by atoms with van der Waals surface area (Å²) in [7, 11) is 1.96. The molecule has 0 aliphatic carbocycles. The van der Waals surface area contributed by atoms with Crippen molar-refractivity contribution in [1.82, 2.24) is 14.5 Å². The van der Waals surface area contributed by atoms with Gasteiger partial charge in [-0.25, -0.2) is 9.97 Å². The van der Waals surface area contributed by atoms with Crippen LogP contribution in [0.25, 0.3) is 0 Å². The number of carbonyl (C=O) groups is 1. The second-order valence-corrected chi connectivity index (χ2v) is 8.99. The Morgan fingerprint density at radius 1 is 1.16 bits per heavy atom. The van der Waals surface area contributed by atoms with Crippen molar-refractivity contribution in [3.8, 4) is 5.75 Å². The van der Waals surface area contributed by atoms with Crippen LogP contribution in [0.4, 0.5) is 5.69 Å². The van der Waals surface area contributed by atoms with Crippen LogP contribution in [-0.4, -0.2) is 20.4 Å². The predicted molar refractivity (Wildman–Crippen MR) is 124 cm³/mol. The van der Waals surface area contributed by atoms with E-state index in [-0.39, 0.29) is 12.3 Å². The number of thiazole rings is 1. The van der Waals surface area contributed by atoms with Gasteiger partial charge in [0.1, 0.15) is 17.4 Å². The number of hydrogen-bond acceptors (Lipinski definition) is 6. The summed E-state index contributed by atoms with van der Waals surface area (Å²) in [5.74, 6) is 0.713. The SMILES string of the molecule is Cc1ccc(OCc2nc(CC(=O)Nc3ccc(Sc4nccn4C)cc3)cs2)cc1. The highest BCUT2D eigenvalue weighted by molar-refractivity contribution is 7.99. The maximum Gasteiger partial charge on any atom is 0.230 e. The van der Waals surface area contributed by atoms with Crippen LogP contribution in [-0.2, 0) is 24.9 Å². The predicted octanol–water partition coefficient (Wildman–Crippen LogP) is 5.10. The summed E-state index contributed by atoms with van der Waals surface area (Å²) in [5, 5.41) is 6.59. The zero-order valence-corrected chi connectivity index (χ0v) is 18.9. The number of aryl methyl sites for hydroxylation is 2. The Hall–Kier alpha value is -3.10. The molecule has 6 nitrogen and oxygen atoms in total. The van der Waals surface area contributed by atoms with Crippen molar-refractivity contribution in [1.29, 1.82) is 0 Å². The molecule has 0 atom stereocenters. The van der Waals surface area contributed by atoms with Crippen LogP contribution >= 0.6 is 23.1 Å². The standard InChI is InChI=1S/C23H22N4O2S2/c1-16-3-7-19(8-4-16)29-14-22-26-18(15-30-22)13-21(28)25-17-5-9-20(10-6-17)31-23-24-11-12-27(23)2/h3-12,15H,13-14H2,1-2H3,(H,25,28). The molecule has 4 aromatic rings. The molecule has 4 rings (SSSR count). The van der Waals surface area contributed by atoms with Gasteiger partial charge in [-0.2, -0.15) is 0 Å². The maximum absolute atomic E-state index is 12.4. The highest BCUT2D eigenvalue weighted by Crippen LogP contribution is 2.26. The average Bonchev–Trinajstić information content (AvgIpc) is 3.38. The second kappa shape index (κ2) is 9.80. The van der Waals surface area contributed by atoms with Gasteiger partial charge in [0.25, 0.3) is 0 Å². The average molecular weight is 451 g/mol. The van der Waals surface area contributed by atoms with Crippen molar-refractivity contribution < 1.29 is 9.53 Å². The maximum atomic E-state index is 12.4. The molecule has 1 N–H and O–H groups in total. The Bertz CT molecular complexity index is 1150. The topological polar surface area (TPSA) is 69.0 Å². The Labute approximate surface area is 189 Å². The number of rotatable bonds is 8. The lowest BCUT2D eigenvalue weighted by molar-refractivity contribution is -0.115. The number of imidazole rings is 1. The third-order valence-electron chi connectivity index (χ3n) is 4.45. The van der Waals surface area contributed by atoms with Gasteiger partial charge in [-0.3, -0.25) is 4.79 Å². The van der Waals surface area contributed by atoms with Crippen molar-refractivity contribution in [2.24, 2.45) is 7.05 Å². The molecule has 0 spiro atoms. The molecular weight excluding hydrogens is 428 g/mol. The third kappa shape index (κ3) is 5.96. The van der Waals surface area contributed by atoms with Crippen LogP contribution in [0.2, 0.25) is 0 Å². The molecular formula is C23H22N4O2S2. The number of anilines is 1. The number of nitrogens with zero attached hydrogens (tertiary/aromatic N) is 3. The normalized spacial score (nSPS) is 10.8. The highest BCUT2D eigenvalue weighted by atomic mass is 32.2. The van der Waals surface area contributed by atoms with Crippen LogP contribution in [0.15, 0.2) is 76.4 Å². The molecule has 31 heavy (non-hydrogen) atoms. The van der Waals surface area contributed by atoms with Gasteiger partial charge in [-0.1, -0.05) is 29.5 Å². The van der Waals surface area contributed by atoms with E-state index in [0.717, 1.165) is 32.2 Å². The van der Waals surface area contributed by atoms with Crippen molar-refractivity contribution in [2.75, 3.05) is 5.32 Å². The van der Waals surface area contributed by atoms with Crippen LogP contribution in [0.1, 0.15) is 16.3 Å². The van der Waals surface area contributed by atoms with Crippen molar-refractivity contribution >= 4 is 34.7 Å². The van der Waals surface area contributed by atoms with Gasteiger partial charge in [0.15, 0.2) is 5.16 Å². The summed E-state index contributed by atoms with van der Waals surface area (Å²) in [6, 6.07) is 15.6. The Morgan fingerprint density at radius 2 is 1.94 bits per heavy atom. The summed E-state index contributed by atoms with van der Waals surface area (Å²) in [6.45, 7) is 2.43. The second-order valence-electron chi connectivity index (χ2n) is 7.01. The van der Waals surface area contributed by atoms with Crippen LogP contribution in [0, 0.1) is 6.92 Å². The van der Waals surface area contributed by atoms with Gasteiger partial charge in [0.2, 0.25) is 5.91 Å². The molecule has 8 heteroatoms. The van der Waals surface area contributed by atoms with Gasteiger partial charge in [-0.15, -0.1) is 11.3 Å². The number of aromatic nitrogens is 3. The van der Waals surface area contributed by atoms with Crippen molar-refractivity contribution in [3.05, 3.63) is 82.6 Å². The Balaban J connectivity index is 1.27. The fourth-order valence-corrected chi connectivity index (χ4v) is 4.31. The van der Waals surface area contributed by atoms with E-state index < -0.39 is 0 Å². The monoisotopic (exact) mass is 450 g/mol. The fraction of sp³-hybridized carbons (Fsp3) is 0.174. The fourth-order valence-electron chi connectivity index (χ4n) is 2.81. The molecule has 0 aliphatic rings. The van der Waals surface area contributed by atoms with E-state index in [1.165, 1.54) is 16.9 Å². The minimum atomic E-state index is -0.0965. The summed E-state index contributed by atoms with van der Waals surface area (Å²) >= 11 is 3.07. The van der Waals surface area contributed by atoms with Gasteiger partial charge in [-0.05, 0) is 43.3 Å². The lowest BCUT2D eigenvalue weighted by Crippen LogP contribution is -2.14. The minimum absolute atomic E-state index is 0.0965. The largest absolute Gasteiger partial charge is 0.486 e. The smallest absolute Gasteiger partial charge is 0.230 e. The molecule has 0 fully saturated rings. The summed E-state index contributed by atoms with van der Waals surface area (Å²) in [5.41, 5.74) is 2.69. The highest BCUT2D eigenvalue weighted by Gasteiger charge is 2.09. The number of hydrogen-bond donors (Lipinski definition) is 1. The first-order chi connectivity index (χ1) is 15.0. The quantitative estimate of drug-likeness (QED) is 0.405. The number of ether oxygens (including phenoxy) is 1. The minimum Gasteiger partial charge on any atom is -0.486 e. The third-order valence-corrected chi connectivity index (χ3v) is 6.40. The van der Waals surface area contributed by atoms with E-state index in [0.29, 0.717) is 6.61 Å². The van der Waals surface area contributed by atoms with Crippen molar-refractivity contribution in [2.45, 2.75) is 30.0 Å².